The number of aromatic nitrogens is 2. The molecule has 1 heterocycles. The van der Waals surface area contributed by atoms with Gasteiger partial charge in [-0.1, -0.05) is 24.9 Å². The lowest BCUT2D eigenvalue weighted by Gasteiger charge is -2.06. The molecule has 0 aliphatic heterocycles. The Morgan fingerprint density at radius 2 is 2.06 bits per heavy atom. The van der Waals surface area contributed by atoms with Crippen molar-refractivity contribution < 1.29 is 9.47 Å². The fourth-order valence-corrected chi connectivity index (χ4v) is 1.35. The quantitative estimate of drug-likeness (QED) is 0.546. The van der Waals surface area contributed by atoms with Gasteiger partial charge in [0.15, 0.2) is 0 Å². The van der Waals surface area contributed by atoms with Crippen LogP contribution in [0.25, 0.3) is 0 Å². The first-order chi connectivity index (χ1) is 7.72. The van der Waals surface area contributed by atoms with Gasteiger partial charge in [-0.25, -0.2) is 4.98 Å². The molecule has 0 saturated carbocycles. The fraction of sp³-hybridized carbons (Fsp3) is 0.636. The van der Waals surface area contributed by atoms with Gasteiger partial charge in [-0.15, -0.1) is 0 Å². The third-order valence-electron chi connectivity index (χ3n) is 1.90. The number of rotatable bonds is 7. The highest BCUT2D eigenvalue weighted by atomic mass is 35.5. The molecular formula is C11H17ClN2O2. The van der Waals surface area contributed by atoms with Gasteiger partial charge < -0.3 is 9.47 Å². The Morgan fingerprint density at radius 3 is 2.75 bits per heavy atom. The van der Waals surface area contributed by atoms with Crippen molar-refractivity contribution in [2.75, 3.05) is 19.8 Å². The second kappa shape index (κ2) is 7.41. The molecule has 0 spiro atoms. The van der Waals surface area contributed by atoms with Crippen LogP contribution in [-0.2, 0) is 4.74 Å². The van der Waals surface area contributed by atoms with Gasteiger partial charge in [-0.2, -0.15) is 4.98 Å². The molecular weight excluding hydrogens is 228 g/mol. The first kappa shape index (κ1) is 13.2. The van der Waals surface area contributed by atoms with Gasteiger partial charge in [0, 0.05) is 12.7 Å². The fourth-order valence-electron chi connectivity index (χ4n) is 1.13. The van der Waals surface area contributed by atoms with Crippen molar-refractivity contribution in [3.05, 3.63) is 17.0 Å². The standard InChI is InChI=1S/C11H17ClN2O2/c1-3-4-5-15-6-7-16-11-8-10(12)13-9(2)14-11/h8H,3-7H2,1-2H3. The summed E-state index contributed by atoms with van der Waals surface area (Å²) in [6.07, 6.45) is 2.22. The summed E-state index contributed by atoms with van der Waals surface area (Å²) in [5, 5.41) is 0.398. The molecule has 1 rings (SSSR count). The first-order valence-corrected chi connectivity index (χ1v) is 5.82. The van der Waals surface area contributed by atoms with Crippen LogP contribution in [0.15, 0.2) is 6.07 Å². The smallest absolute Gasteiger partial charge is 0.218 e. The van der Waals surface area contributed by atoms with Crippen LogP contribution in [0.3, 0.4) is 0 Å². The molecule has 0 aliphatic rings. The highest BCUT2D eigenvalue weighted by Gasteiger charge is 2.00. The van der Waals surface area contributed by atoms with Crippen molar-refractivity contribution in [3.8, 4) is 5.88 Å². The number of halogens is 1. The van der Waals surface area contributed by atoms with E-state index in [4.69, 9.17) is 21.1 Å². The van der Waals surface area contributed by atoms with Crippen molar-refractivity contribution in [1.82, 2.24) is 9.97 Å². The van der Waals surface area contributed by atoms with Crippen LogP contribution in [0.4, 0.5) is 0 Å². The van der Waals surface area contributed by atoms with E-state index in [1.165, 1.54) is 0 Å². The summed E-state index contributed by atoms with van der Waals surface area (Å²) in [5.74, 6) is 1.10. The van der Waals surface area contributed by atoms with Crippen molar-refractivity contribution in [3.63, 3.8) is 0 Å². The van der Waals surface area contributed by atoms with Gasteiger partial charge in [0.25, 0.3) is 0 Å². The van der Waals surface area contributed by atoms with Crippen LogP contribution < -0.4 is 4.74 Å². The molecule has 0 amide bonds. The Bertz CT molecular complexity index is 301. The molecule has 90 valence electrons. The molecule has 0 fully saturated rings. The minimum absolute atomic E-state index is 0.398. The maximum absolute atomic E-state index is 5.77. The maximum atomic E-state index is 5.77. The average Bonchev–Trinajstić information content (AvgIpc) is 2.22. The van der Waals surface area contributed by atoms with E-state index < -0.39 is 0 Å². The zero-order chi connectivity index (χ0) is 11.8. The molecule has 16 heavy (non-hydrogen) atoms. The highest BCUT2D eigenvalue weighted by molar-refractivity contribution is 6.29. The topological polar surface area (TPSA) is 44.2 Å². The van der Waals surface area contributed by atoms with E-state index in [2.05, 4.69) is 16.9 Å². The van der Waals surface area contributed by atoms with E-state index in [-0.39, 0.29) is 0 Å². The van der Waals surface area contributed by atoms with Gasteiger partial charge in [0.2, 0.25) is 5.88 Å². The number of nitrogens with zero attached hydrogens (tertiary/aromatic N) is 2. The average molecular weight is 245 g/mol. The van der Waals surface area contributed by atoms with E-state index in [1.54, 1.807) is 13.0 Å². The molecule has 0 aliphatic carbocycles. The van der Waals surface area contributed by atoms with Gasteiger partial charge in [0.05, 0.1) is 6.61 Å². The van der Waals surface area contributed by atoms with Gasteiger partial charge in [0.1, 0.15) is 17.6 Å². The van der Waals surface area contributed by atoms with E-state index in [9.17, 15) is 0 Å². The van der Waals surface area contributed by atoms with Crippen LogP contribution in [0, 0.1) is 6.92 Å². The molecule has 0 unspecified atom stereocenters. The summed E-state index contributed by atoms with van der Waals surface area (Å²) in [6.45, 7) is 5.74. The second-order valence-corrected chi connectivity index (χ2v) is 3.78. The SMILES string of the molecule is CCCCOCCOc1cc(Cl)nc(C)n1. The maximum Gasteiger partial charge on any atom is 0.218 e. The van der Waals surface area contributed by atoms with Crippen molar-refractivity contribution >= 4 is 11.6 Å². The summed E-state index contributed by atoms with van der Waals surface area (Å²) in [5.41, 5.74) is 0. The summed E-state index contributed by atoms with van der Waals surface area (Å²) in [4.78, 5) is 8.04. The molecule has 0 N–H and O–H groups in total. The Morgan fingerprint density at radius 1 is 1.25 bits per heavy atom. The largest absolute Gasteiger partial charge is 0.475 e. The number of hydrogen-bond donors (Lipinski definition) is 0. The van der Waals surface area contributed by atoms with Crippen LogP contribution >= 0.6 is 11.6 Å². The first-order valence-electron chi connectivity index (χ1n) is 5.44. The summed E-state index contributed by atoms with van der Waals surface area (Å²) in [7, 11) is 0. The summed E-state index contributed by atoms with van der Waals surface area (Å²) < 4.78 is 10.7. The van der Waals surface area contributed by atoms with Crippen LogP contribution in [-0.4, -0.2) is 29.8 Å². The van der Waals surface area contributed by atoms with E-state index >= 15 is 0 Å². The van der Waals surface area contributed by atoms with Gasteiger partial charge in [-0.05, 0) is 13.3 Å². The van der Waals surface area contributed by atoms with Crippen molar-refractivity contribution in [2.45, 2.75) is 26.7 Å². The highest BCUT2D eigenvalue weighted by Crippen LogP contribution is 2.12. The number of unbranched alkanes of at least 4 members (excludes halogenated alkanes) is 1. The molecule has 4 nitrogen and oxygen atoms in total. The van der Waals surface area contributed by atoms with E-state index in [0.717, 1.165) is 19.4 Å². The number of hydrogen-bond acceptors (Lipinski definition) is 4. The third-order valence-corrected chi connectivity index (χ3v) is 2.10. The van der Waals surface area contributed by atoms with Crippen molar-refractivity contribution in [2.24, 2.45) is 0 Å². The normalized spacial score (nSPS) is 10.4. The summed E-state index contributed by atoms with van der Waals surface area (Å²) in [6, 6.07) is 1.60. The zero-order valence-electron chi connectivity index (χ0n) is 9.70. The Balaban J connectivity index is 2.21. The molecule has 1 aromatic rings. The molecule has 0 aromatic carbocycles. The van der Waals surface area contributed by atoms with Crippen molar-refractivity contribution in [1.29, 1.82) is 0 Å². The lowest BCUT2D eigenvalue weighted by molar-refractivity contribution is 0.0964. The van der Waals surface area contributed by atoms with Crippen LogP contribution in [0.1, 0.15) is 25.6 Å². The lowest BCUT2D eigenvalue weighted by Crippen LogP contribution is -2.08. The van der Waals surface area contributed by atoms with Crippen LogP contribution in [0.5, 0.6) is 5.88 Å². The molecule has 0 radical (unpaired) electrons. The minimum atomic E-state index is 0.398. The predicted molar refractivity (Wildman–Crippen MR) is 63.0 cm³/mol. The summed E-state index contributed by atoms with van der Waals surface area (Å²) >= 11 is 5.77. The van der Waals surface area contributed by atoms with E-state index in [1.807, 2.05) is 0 Å². The molecule has 1 aromatic heterocycles. The number of aryl methyl sites for hydroxylation is 1. The molecule has 0 bridgehead atoms. The molecule has 0 atom stereocenters. The Labute approximate surface area is 101 Å². The van der Waals surface area contributed by atoms with E-state index in [0.29, 0.717) is 30.1 Å². The second-order valence-electron chi connectivity index (χ2n) is 3.39. The minimum Gasteiger partial charge on any atom is -0.475 e. The van der Waals surface area contributed by atoms with Gasteiger partial charge >= 0.3 is 0 Å². The lowest BCUT2D eigenvalue weighted by atomic mass is 10.4. The third kappa shape index (κ3) is 5.28. The zero-order valence-corrected chi connectivity index (χ0v) is 10.5. The van der Waals surface area contributed by atoms with Gasteiger partial charge in [-0.3, -0.25) is 0 Å². The Hall–Kier alpha value is -0.870. The molecule has 5 heteroatoms. The number of ether oxygens (including phenoxy) is 2. The van der Waals surface area contributed by atoms with Crippen LogP contribution in [0.2, 0.25) is 5.15 Å². The Kier molecular flexibility index (Phi) is 6.11. The monoisotopic (exact) mass is 244 g/mol. The molecule has 0 saturated heterocycles. The predicted octanol–water partition coefficient (Wildman–Crippen LogP) is 2.63.